The van der Waals surface area contributed by atoms with Gasteiger partial charge in [-0.1, -0.05) is 6.07 Å². The second-order valence-electron chi connectivity index (χ2n) is 5.41. The van der Waals surface area contributed by atoms with E-state index in [0.717, 1.165) is 4.88 Å². The first-order valence-electron chi connectivity index (χ1n) is 6.92. The van der Waals surface area contributed by atoms with E-state index in [0.29, 0.717) is 11.6 Å². The Morgan fingerprint density at radius 2 is 2.30 bits per heavy atom. The Bertz CT molecular complexity index is 667. The molecule has 23 heavy (non-hydrogen) atoms. The van der Waals surface area contributed by atoms with Crippen LogP contribution < -0.4 is 5.32 Å². The minimum absolute atomic E-state index is 0.00774. The van der Waals surface area contributed by atoms with Gasteiger partial charge in [-0.05, 0) is 18.4 Å². The number of amides is 1. The quantitative estimate of drug-likeness (QED) is 0.763. The molecule has 0 bridgehead atoms. The number of carbonyl (C=O) groups is 2. The normalized spacial score (nSPS) is 13.5. The van der Waals surface area contributed by atoms with E-state index >= 15 is 0 Å². The van der Waals surface area contributed by atoms with Crippen molar-refractivity contribution in [2.45, 2.75) is 25.3 Å². The lowest BCUT2D eigenvalue weighted by Crippen LogP contribution is -2.51. The summed E-state index contributed by atoms with van der Waals surface area (Å²) in [5, 5.41) is 13.6. The third kappa shape index (κ3) is 4.90. The molecule has 1 unspecified atom stereocenters. The Balaban J connectivity index is 1.99. The highest BCUT2D eigenvalue weighted by molar-refractivity contribution is 7.13. The molecule has 0 aliphatic carbocycles. The van der Waals surface area contributed by atoms with Gasteiger partial charge >= 0.3 is 5.97 Å². The largest absolute Gasteiger partial charge is 0.481 e. The minimum atomic E-state index is -1.01. The van der Waals surface area contributed by atoms with Crippen LogP contribution in [0.1, 0.15) is 19.0 Å². The highest BCUT2D eigenvalue weighted by Gasteiger charge is 2.29. The van der Waals surface area contributed by atoms with Gasteiger partial charge < -0.3 is 19.6 Å². The van der Waals surface area contributed by atoms with Crippen molar-refractivity contribution in [3.8, 4) is 10.8 Å². The van der Waals surface area contributed by atoms with Crippen LogP contribution >= 0.6 is 11.3 Å². The van der Waals surface area contributed by atoms with E-state index in [2.05, 4.69) is 10.3 Å². The van der Waals surface area contributed by atoms with Gasteiger partial charge in [0.25, 0.3) is 0 Å². The summed E-state index contributed by atoms with van der Waals surface area (Å²) >= 11 is 1.49. The zero-order valence-electron chi connectivity index (χ0n) is 12.9. The fourth-order valence-electron chi connectivity index (χ4n) is 2.23. The molecule has 0 spiro atoms. The lowest BCUT2D eigenvalue weighted by molar-refractivity contribution is -0.139. The van der Waals surface area contributed by atoms with E-state index in [1.165, 1.54) is 24.7 Å². The van der Waals surface area contributed by atoms with Gasteiger partial charge in [-0.3, -0.25) is 9.59 Å². The molecule has 0 saturated heterocycles. The SMILES string of the molecule is COCC(C)(CC(=O)O)NC(=O)Cc1coc(-c2cccs2)n1. The van der Waals surface area contributed by atoms with Crippen molar-refractivity contribution in [2.24, 2.45) is 0 Å². The molecular weight excluding hydrogens is 320 g/mol. The van der Waals surface area contributed by atoms with E-state index in [4.69, 9.17) is 14.3 Å². The third-order valence-corrected chi connectivity index (χ3v) is 3.93. The summed E-state index contributed by atoms with van der Waals surface area (Å²) in [6.07, 6.45) is 1.21. The highest BCUT2D eigenvalue weighted by Crippen LogP contribution is 2.23. The monoisotopic (exact) mass is 338 g/mol. The molecule has 0 saturated carbocycles. The van der Waals surface area contributed by atoms with Gasteiger partial charge in [0.2, 0.25) is 11.8 Å². The Labute approximate surface area is 137 Å². The number of nitrogens with zero attached hydrogens (tertiary/aromatic N) is 1. The molecule has 2 heterocycles. The first-order chi connectivity index (χ1) is 10.9. The Kier molecular flexibility index (Phi) is 5.51. The van der Waals surface area contributed by atoms with Crippen LogP contribution in [0.25, 0.3) is 10.8 Å². The topological polar surface area (TPSA) is 102 Å². The van der Waals surface area contributed by atoms with E-state index in [9.17, 15) is 9.59 Å². The molecule has 0 aromatic carbocycles. The number of methoxy groups -OCH3 is 1. The first-order valence-corrected chi connectivity index (χ1v) is 7.80. The summed E-state index contributed by atoms with van der Waals surface area (Å²) in [6.45, 7) is 1.73. The summed E-state index contributed by atoms with van der Waals surface area (Å²) in [6, 6.07) is 3.77. The number of rotatable bonds is 8. The molecular formula is C15H18N2O5S. The predicted octanol–water partition coefficient (Wildman–Crippen LogP) is 1.94. The van der Waals surface area contributed by atoms with Crippen molar-refractivity contribution in [1.29, 1.82) is 0 Å². The van der Waals surface area contributed by atoms with Crippen molar-refractivity contribution in [2.75, 3.05) is 13.7 Å². The average Bonchev–Trinajstić information content (AvgIpc) is 3.07. The first kappa shape index (κ1) is 17.2. The Morgan fingerprint density at radius 3 is 2.91 bits per heavy atom. The van der Waals surface area contributed by atoms with E-state index in [1.807, 2.05) is 17.5 Å². The van der Waals surface area contributed by atoms with Crippen molar-refractivity contribution >= 4 is 23.2 Å². The van der Waals surface area contributed by atoms with Crippen LogP contribution in [0.4, 0.5) is 0 Å². The van der Waals surface area contributed by atoms with E-state index in [1.54, 1.807) is 6.92 Å². The van der Waals surface area contributed by atoms with Crippen molar-refractivity contribution in [1.82, 2.24) is 10.3 Å². The Morgan fingerprint density at radius 1 is 1.52 bits per heavy atom. The number of hydrogen-bond donors (Lipinski definition) is 2. The minimum Gasteiger partial charge on any atom is -0.481 e. The summed E-state index contributed by atoms with van der Waals surface area (Å²) in [5.41, 5.74) is -0.487. The van der Waals surface area contributed by atoms with Gasteiger partial charge in [0.1, 0.15) is 6.26 Å². The number of nitrogens with one attached hydrogen (secondary N) is 1. The standard InChI is InChI=1S/C15H18N2O5S/c1-15(9-21-2,7-13(19)20)17-12(18)6-10-8-22-14(16-10)11-4-3-5-23-11/h3-5,8H,6-7,9H2,1-2H3,(H,17,18)(H,19,20). The van der Waals surface area contributed by atoms with Crippen LogP contribution in [0.5, 0.6) is 0 Å². The number of carboxylic acid groups (broad SMARTS) is 1. The smallest absolute Gasteiger partial charge is 0.305 e. The van der Waals surface area contributed by atoms with Gasteiger partial charge in [-0.2, -0.15) is 0 Å². The lowest BCUT2D eigenvalue weighted by Gasteiger charge is -2.28. The van der Waals surface area contributed by atoms with E-state index < -0.39 is 11.5 Å². The molecule has 2 rings (SSSR count). The number of aromatic nitrogens is 1. The maximum absolute atomic E-state index is 12.1. The molecule has 1 atom stereocenters. The second kappa shape index (κ2) is 7.38. The second-order valence-corrected chi connectivity index (χ2v) is 6.36. The Hall–Kier alpha value is -2.19. The fraction of sp³-hybridized carbons (Fsp3) is 0.400. The van der Waals surface area contributed by atoms with Crippen molar-refractivity contribution in [3.05, 3.63) is 29.5 Å². The van der Waals surface area contributed by atoms with Gasteiger partial charge in [0.05, 0.1) is 35.6 Å². The lowest BCUT2D eigenvalue weighted by atomic mass is 9.98. The number of carboxylic acids is 1. The summed E-state index contributed by atoms with van der Waals surface area (Å²) in [5.74, 6) is -0.879. The fourth-order valence-corrected chi connectivity index (χ4v) is 2.89. The number of ether oxygens (including phenoxy) is 1. The van der Waals surface area contributed by atoms with Crippen molar-refractivity contribution < 1.29 is 23.8 Å². The maximum Gasteiger partial charge on any atom is 0.305 e. The van der Waals surface area contributed by atoms with Gasteiger partial charge in [-0.25, -0.2) is 4.98 Å². The number of thiophene rings is 1. The number of aliphatic carboxylic acids is 1. The van der Waals surface area contributed by atoms with Gasteiger partial charge in [0, 0.05) is 7.11 Å². The van der Waals surface area contributed by atoms with Gasteiger partial charge in [0.15, 0.2) is 0 Å². The van der Waals surface area contributed by atoms with Crippen LogP contribution in [-0.2, 0) is 20.7 Å². The molecule has 0 radical (unpaired) electrons. The number of carbonyl (C=O) groups excluding carboxylic acids is 1. The van der Waals surface area contributed by atoms with E-state index in [-0.39, 0.29) is 25.4 Å². The molecule has 2 aromatic rings. The van der Waals surface area contributed by atoms with Crippen LogP contribution in [0.2, 0.25) is 0 Å². The summed E-state index contributed by atoms with van der Waals surface area (Å²) in [4.78, 5) is 28.2. The predicted molar refractivity (Wildman–Crippen MR) is 84.2 cm³/mol. The van der Waals surface area contributed by atoms with Crippen LogP contribution in [0.15, 0.2) is 28.2 Å². The maximum atomic E-state index is 12.1. The summed E-state index contributed by atoms with van der Waals surface area (Å²) in [7, 11) is 1.46. The van der Waals surface area contributed by atoms with Crippen LogP contribution in [0, 0.1) is 0 Å². The molecule has 0 aliphatic rings. The number of oxazole rings is 1. The third-order valence-electron chi connectivity index (χ3n) is 3.07. The average molecular weight is 338 g/mol. The van der Waals surface area contributed by atoms with Crippen molar-refractivity contribution in [3.63, 3.8) is 0 Å². The number of hydrogen-bond acceptors (Lipinski definition) is 6. The molecule has 124 valence electrons. The van der Waals surface area contributed by atoms with Crippen LogP contribution in [0.3, 0.4) is 0 Å². The molecule has 2 aromatic heterocycles. The van der Waals surface area contributed by atoms with Gasteiger partial charge in [-0.15, -0.1) is 11.3 Å². The molecule has 8 heteroatoms. The molecule has 1 amide bonds. The zero-order valence-corrected chi connectivity index (χ0v) is 13.7. The highest BCUT2D eigenvalue weighted by atomic mass is 32.1. The molecule has 2 N–H and O–H groups in total. The zero-order chi connectivity index (χ0) is 16.9. The molecule has 0 aliphatic heterocycles. The molecule has 0 fully saturated rings. The summed E-state index contributed by atoms with van der Waals surface area (Å²) < 4.78 is 10.4. The van der Waals surface area contributed by atoms with Crippen LogP contribution in [-0.4, -0.2) is 41.2 Å². The molecule has 7 nitrogen and oxygen atoms in total.